The molecular formula is C17H26N6O4. The van der Waals surface area contributed by atoms with E-state index < -0.39 is 31.1 Å². The third-order valence-corrected chi connectivity index (χ3v) is 5.32. The molecule has 4 heterocycles. The number of rotatable bonds is 4. The number of nitrogens with zero attached hydrogens (tertiary/aromatic N) is 5. The van der Waals surface area contributed by atoms with Crippen molar-refractivity contribution < 1.29 is 20.1 Å². The Labute approximate surface area is 156 Å². The fourth-order valence-corrected chi connectivity index (χ4v) is 3.83. The summed E-state index contributed by atoms with van der Waals surface area (Å²) in [5.74, 6) is 1.44. The maximum absolute atomic E-state index is 10.6. The summed E-state index contributed by atoms with van der Waals surface area (Å²) in [4.78, 5) is 15.6. The van der Waals surface area contributed by atoms with E-state index in [1.165, 1.54) is 0 Å². The van der Waals surface area contributed by atoms with Gasteiger partial charge in [0.05, 0.1) is 6.61 Å². The van der Waals surface area contributed by atoms with E-state index in [-0.39, 0.29) is 5.82 Å². The fourth-order valence-electron chi connectivity index (χ4n) is 3.83. The molecule has 0 amide bonds. The first-order chi connectivity index (χ1) is 13.0. The molecule has 0 spiro atoms. The molecule has 2 aromatic rings. The number of aromatic nitrogens is 4. The molecule has 10 nitrogen and oxygen atoms in total. The fraction of sp³-hybridized carbons (Fsp3) is 0.706. The minimum Gasteiger partial charge on any atom is -0.394 e. The molecule has 4 unspecified atom stereocenters. The number of piperidine rings is 1. The average molecular weight is 378 g/mol. The first kappa shape index (κ1) is 18.4. The minimum atomic E-state index is -1.22. The predicted molar refractivity (Wildman–Crippen MR) is 98.2 cm³/mol. The zero-order valence-corrected chi connectivity index (χ0v) is 15.3. The maximum atomic E-state index is 10.6. The number of imidazole rings is 1. The second-order valence-corrected chi connectivity index (χ2v) is 7.11. The van der Waals surface area contributed by atoms with E-state index in [4.69, 9.17) is 10.5 Å². The van der Waals surface area contributed by atoms with Gasteiger partial charge in [0.15, 0.2) is 23.2 Å². The SMILES string of the molecule is CCc1nc(N)c2nc(N3CCCCC3)n(C3OC(CO)C(O)C3O)c2n1. The molecule has 2 aromatic heterocycles. The van der Waals surface area contributed by atoms with E-state index in [1.54, 1.807) is 4.57 Å². The largest absolute Gasteiger partial charge is 0.394 e. The molecule has 0 radical (unpaired) electrons. The number of anilines is 2. The number of ether oxygens (including phenoxy) is 1. The topological polar surface area (TPSA) is 143 Å². The molecule has 4 atom stereocenters. The molecule has 2 saturated heterocycles. The van der Waals surface area contributed by atoms with Gasteiger partial charge in [-0.05, 0) is 19.3 Å². The van der Waals surface area contributed by atoms with Crippen LogP contribution in [0.1, 0.15) is 38.2 Å². The van der Waals surface area contributed by atoms with Gasteiger partial charge in [0.2, 0.25) is 5.95 Å². The summed E-state index contributed by atoms with van der Waals surface area (Å²) in [5, 5.41) is 30.2. The number of fused-ring (bicyclic) bond motifs is 1. The maximum Gasteiger partial charge on any atom is 0.210 e. The van der Waals surface area contributed by atoms with Crippen molar-refractivity contribution in [3.05, 3.63) is 5.82 Å². The van der Waals surface area contributed by atoms with Crippen LogP contribution in [0.25, 0.3) is 11.2 Å². The Bertz CT molecular complexity index is 821. The monoisotopic (exact) mass is 378 g/mol. The molecule has 0 aliphatic carbocycles. The number of hydrogen-bond acceptors (Lipinski definition) is 9. The van der Waals surface area contributed by atoms with Gasteiger partial charge in [0, 0.05) is 19.5 Å². The molecule has 0 bridgehead atoms. The van der Waals surface area contributed by atoms with Crippen LogP contribution in [0.15, 0.2) is 0 Å². The highest BCUT2D eigenvalue weighted by Crippen LogP contribution is 2.37. The third-order valence-electron chi connectivity index (χ3n) is 5.32. The van der Waals surface area contributed by atoms with Crippen molar-refractivity contribution in [3.8, 4) is 0 Å². The molecule has 4 rings (SSSR count). The summed E-state index contributed by atoms with van der Waals surface area (Å²) in [6.45, 7) is 3.19. The second kappa shape index (κ2) is 7.19. The van der Waals surface area contributed by atoms with Gasteiger partial charge in [-0.25, -0.2) is 15.0 Å². The Morgan fingerprint density at radius 3 is 2.48 bits per heavy atom. The van der Waals surface area contributed by atoms with Crippen LogP contribution in [-0.4, -0.2) is 72.8 Å². The van der Waals surface area contributed by atoms with Crippen molar-refractivity contribution in [2.45, 2.75) is 57.1 Å². The van der Waals surface area contributed by atoms with E-state index in [0.29, 0.717) is 29.4 Å². The number of aryl methyl sites for hydroxylation is 1. The highest BCUT2D eigenvalue weighted by molar-refractivity contribution is 5.84. The van der Waals surface area contributed by atoms with Crippen LogP contribution in [0.2, 0.25) is 0 Å². The summed E-state index contributed by atoms with van der Waals surface area (Å²) in [6.07, 6.45) is -0.367. The lowest BCUT2D eigenvalue weighted by Crippen LogP contribution is -2.35. The van der Waals surface area contributed by atoms with Gasteiger partial charge in [-0.15, -0.1) is 0 Å². The molecule has 0 saturated carbocycles. The van der Waals surface area contributed by atoms with Gasteiger partial charge >= 0.3 is 0 Å². The lowest BCUT2D eigenvalue weighted by molar-refractivity contribution is -0.0504. The Morgan fingerprint density at radius 2 is 1.85 bits per heavy atom. The molecule has 148 valence electrons. The van der Waals surface area contributed by atoms with Crippen LogP contribution in [0, 0.1) is 0 Å². The molecule has 10 heteroatoms. The summed E-state index contributed by atoms with van der Waals surface area (Å²) in [7, 11) is 0. The Morgan fingerprint density at radius 1 is 1.11 bits per heavy atom. The van der Waals surface area contributed by atoms with Gasteiger partial charge in [0.25, 0.3) is 0 Å². The molecule has 2 fully saturated rings. The second-order valence-electron chi connectivity index (χ2n) is 7.11. The predicted octanol–water partition coefficient (Wildman–Crippen LogP) is -0.427. The number of aliphatic hydroxyl groups excluding tert-OH is 3. The highest BCUT2D eigenvalue weighted by atomic mass is 16.6. The van der Waals surface area contributed by atoms with Crippen molar-refractivity contribution in [1.29, 1.82) is 0 Å². The van der Waals surface area contributed by atoms with Crippen LogP contribution < -0.4 is 10.6 Å². The van der Waals surface area contributed by atoms with Crippen molar-refractivity contribution >= 4 is 22.9 Å². The van der Waals surface area contributed by atoms with Crippen molar-refractivity contribution in [2.75, 3.05) is 30.3 Å². The summed E-state index contributed by atoms with van der Waals surface area (Å²) >= 11 is 0. The summed E-state index contributed by atoms with van der Waals surface area (Å²) in [6, 6.07) is 0. The quantitative estimate of drug-likeness (QED) is 0.557. The van der Waals surface area contributed by atoms with Crippen LogP contribution in [-0.2, 0) is 11.2 Å². The molecule has 27 heavy (non-hydrogen) atoms. The average Bonchev–Trinajstić information content (AvgIpc) is 3.20. The van der Waals surface area contributed by atoms with Gasteiger partial charge in [0.1, 0.15) is 24.1 Å². The van der Waals surface area contributed by atoms with Gasteiger partial charge in [-0.1, -0.05) is 6.92 Å². The van der Waals surface area contributed by atoms with Crippen LogP contribution >= 0.6 is 0 Å². The van der Waals surface area contributed by atoms with Crippen LogP contribution in [0.4, 0.5) is 11.8 Å². The minimum absolute atomic E-state index is 0.278. The van der Waals surface area contributed by atoms with Gasteiger partial charge in [-0.2, -0.15) is 0 Å². The number of nitrogens with two attached hydrogens (primary N) is 1. The highest BCUT2D eigenvalue weighted by Gasteiger charge is 2.45. The van der Waals surface area contributed by atoms with Crippen molar-refractivity contribution in [2.24, 2.45) is 0 Å². The van der Waals surface area contributed by atoms with Crippen LogP contribution in [0.5, 0.6) is 0 Å². The van der Waals surface area contributed by atoms with Crippen molar-refractivity contribution in [3.63, 3.8) is 0 Å². The zero-order valence-electron chi connectivity index (χ0n) is 15.3. The standard InChI is InChI=1S/C17H26N6O4/c1-2-10-19-14(18)11-15(20-10)23(16-13(26)12(25)9(8-24)27-16)17(21-11)22-6-4-3-5-7-22/h9,12-13,16,24-26H,2-8H2,1H3,(H2,18,19,20). The first-order valence-electron chi connectivity index (χ1n) is 9.46. The Kier molecular flexibility index (Phi) is 4.89. The smallest absolute Gasteiger partial charge is 0.210 e. The van der Waals surface area contributed by atoms with E-state index in [1.807, 2.05) is 6.92 Å². The number of aliphatic hydroxyl groups is 3. The van der Waals surface area contributed by atoms with E-state index in [2.05, 4.69) is 19.9 Å². The zero-order chi connectivity index (χ0) is 19.1. The molecule has 5 N–H and O–H groups in total. The Balaban J connectivity index is 1.88. The Hall–Kier alpha value is -2.01. The normalized spacial score (nSPS) is 29.0. The van der Waals surface area contributed by atoms with Crippen molar-refractivity contribution in [1.82, 2.24) is 19.5 Å². The molecular weight excluding hydrogens is 352 g/mol. The van der Waals surface area contributed by atoms with E-state index >= 15 is 0 Å². The number of hydrogen-bond donors (Lipinski definition) is 4. The van der Waals surface area contributed by atoms with E-state index in [0.717, 1.165) is 32.4 Å². The summed E-state index contributed by atoms with van der Waals surface area (Å²) < 4.78 is 7.47. The molecule has 0 aromatic carbocycles. The summed E-state index contributed by atoms with van der Waals surface area (Å²) in [5.41, 5.74) is 7.04. The van der Waals surface area contributed by atoms with Gasteiger partial charge in [-0.3, -0.25) is 4.57 Å². The van der Waals surface area contributed by atoms with E-state index in [9.17, 15) is 15.3 Å². The van der Waals surface area contributed by atoms with Crippen LogP contribution in [0.3, 0.4) is 0 Å². The lowest BCUT2D eigenvalue weighted by atomic mass is 10.1. The third kappa shape index (κ3) is 3.02. The first-order valence-corrected chi connectivity index (χ1v) is 9.46. The molecule has 2 aliphatic heterocycles. The lowest BCUT2D eigenvalue weighted by Gasteiger charge is -2.30. The van der Waals surface area contributed by atoms with Gasteiger partial charge < -0.3 is 30.7 Å². The molecule has 2 aliphatic rings. The number of nitrogen functional groups attached to an aromatic ring is 1.